The van der Waals surface area contributed by atoms with Crippen molar-refractivity contribution in [1.82, 2.24) is 14.6 Å². The lowest BCUT2D eigenvalue weighted by Crippen LogP contribution is -2.26. The highest BCUT2D eigenvalue weighted by Gasteiger charge is 2.27. The molecule has 0 saturated heterocycles. The van der Waals surface area contributed by atoms with E-state index in [1.807, 2.05) is 42.5 Å². The van der Waals surface area contributed by atoms with Crippen molar-refractivity contribution in [2.45, 2.75) is 25.9 Å². The van der Waals surface area contributed by atoms with Crippen molar-refractivity contribution in [3.63, 3.8) is 0 Å². The second-order valence-electron chi connectivity index (χ2n) is 7.56. The highest BCUT2D eigenvalue weighted by Crippen LogP contribution is 2.35. The smallest absolute Gasteiger partial charge is 0.291 e. The Bertz CT molecular complexity index is 1400. The Labute approximate surface area is 194 Å². The average molecular weight is 466 g/mol. The lowest BCUT2D eigenvalue weighted by atomic mass is 10.2. The van der Waals surface area contributed by atoms with E-state index in [4.69, 9.17) is 18.9 Å². The van der Waals surface area contributed by atoms with Gasteiger partial charge in [0.25, 0.3) is 5.56 Å². The van der Waals surface area contributed by atoms with Gasteiger partial charge in [0.15, 0.2) is 34.9 Å². The minimum absolute atomic E-state index is 0.229. The minimum Gasteiger partial charge on any atom is -0.493 e. The van der Waals surface area contributed by atoms with Crippen molar-refractivity contribution in [1.29, 1.82) is 0 Å². The van der Waals surface area contributed by atoms with Crippen molar-refractivity contribution >= 4 is 22.4 Å². The molecule has 33 heavy (non-hydrogen) atoms. The predicted octanol–water partition coefficient (Wildman–Crippen LogP) is 3.40. The summed E-state index contributed by atoms with van der Waals surface area (Å²) in [6.45, 7) is 3.04. The van der Waals surface area contributed by atoms with Crippen LogP contribution in [0.5, 0.6) is 23.0 Å². The molecule has 4 aromatic rings. The zero-order chi connectivity index (χ0) is 22.8. The van der Waals surface area contributed by atoms with Crippen LogP contribution in [-0.2, 0) is 0 Å². The van der Waals surface area contributed by atoms with Gasteiger partial charge in [0.05, 0.1) is 18.2 Å². The number of ether oxygens (including phenoxy) is 4. The van der Waals surface area contributed by atoms with E-state index in [0.717, 1.165) is 18.4 Å². The van der Waals surface area contributed by atoms with E-state index in [1.165, 1.54) is 15.9 Å². The fourth-order valence-corrected chi connectivity index (χ4v) is 4.42. The normalized spacial score (nSPS) is 15.7. The van der Waals surface area contributed by atoms with E-state index in [-0.39, 0.29) is 12.2 Å². The maximum absolute atomic E-state index is 12.9. The first-order valence-electron chi connectivity index (χ1n) is 10.8. The zero-order valence-electron chi connectivity index (χ0n) is 18.3. The van der Waals surface area contributed by atoms with Crippen LogP contribution in [0, 0.1) is 0 Å². The highest BCUT2D eigenvalue weighted by atomic mass is 32.1. The Morgan fingerprint density at radius 2 is 2.06 bits per heavy atom. The average Bonchev–Trinajstić information content (AvgIpc) is 3.39. The summed E-state index contributed by atoms with van der Waals surface area (Å²) in [5.74, 6) is 3.07. The van der Waals surface area contributed by atoms with Gasteiger partial charge in [-0.2, -0.15) is 9.50 Å². The van der Waals surface area contributed by atoms with E-state index < -0.39 is 6.10 Å². The summed E-state index contributed by atoms with van der Waals surface area (Å²) in [5, 5.41) is 4.39. The Kier molecular flexibility index (Phi) is 5.87. The van der Waals surface area contributed by atoms with Gasteiger partial charge in [-0.15, -0.1) is 5.10 Å². The van der Waals surface area contributed by atoms with Crippen LogP contribution < -0.4 is 29.0 Å². The van der Waals surface area contributed by atoms with Crippen LogP contribution in [0.2, 0.25) is 0 Å². The molecule has 1 atom stereocenters. The number of hydrogen-bond acceptors (Lipinski definition) is 8. The van der Waals surface area contributed by atoms with Gasteiger partial charge in [-0.25, -0.2) is 0 Å². The molecule has 5 rings (SSSR count). The summed E-state index contributed by atoms with van der Waals surface area (Å²) in [7, 11) is 1.60. The van der Waals surface area contributed by atoms with E-state index >= 15 is 0 Å². The lowest BCUT2D eigenvalue weighted by molar-refractivity contribution is 0.0852. The van der Waals surface area contributed by atoms with Crippen LogP contribution >= 0.6 is 11.3 Å². The van der Waals surface area contributed by atoms with Crippen LogP contribution in [0.15, 0.2) is 47.3 Å². The molecule has 0 N–H and O–H groups in total. The molecule has 1 unspecified atom stereocenters. The summed E-state index contributed by atoms with van der Waals surface area (Å²) >= 11 is 1.28. The second kappa shape index (κ2) is 9.11. The molecule has 0 amide bonds. The summed E-state index contributed by atoms with van der Waals surface area (Å²) in [6.07, 6.45) is 3.37. The monoisotopic (exact) mass is 465 g/mol. The first-order valence-corrected chi connectivity index (χ1v) is 11.6. The summed E-state index contributed by atoms with van der Waals surface area (Å²) < 4.78 is 24.8. The third kappa shape index (κ3) is 4.23. The van der Waals surface area contributed by atoms with Crippen molar-refractivity contribution in [3.8, 4) is 23.0 Å². The zero-order valence-corrected chi connectivity index (χ0v) is 19.1. The number of rotatable bonds is 7. The van der Waals surface area contributed by atoms with Gasteiger partial charge >= 0.3 is 0 Å². The number of fused-ring (bicyclic) bond motifs is 2. The van der Waals surface area contributed by atoms with E-state index in [9.17, 15) is 4.79 Å². The Morgan fingerprint density at radius 3 is 2.85 bits per heavy atom. The molecule has 1 aliphatic heterocycles. The molecule has 2 aromatic carbocycles. The summed E-state index contributed by atoms with van der Waals surface area (Å²) in [4.78, 5) is 18.0. The minimum atomic E-state index is -0.469. The fraction of sp³-hybridized carbons (Fsp3) is 0.292. The first kappa shape index (κ1) is 21.3. The number of hydrogen-bond donors (Lipinski definition) is 0. The van der Waals surface area contributed by atoms with Gasteiger partial charge in [-0.05, 0) is 42.3 Å². The number of para-hydroxylation sites is 2. The van der Waals surface area contributed by atoms with Gasteiger partial charge in [0.2, 0.25) is 4.96 Å². The van der Waals surface area contributed by atoms with Crippen molar-refractivity contribution < 1.29 is 18.9 Å². The standard InChI is InChI=1S/C24H23N3O5S/c1-3-4-11-30-17-10-9-15(12-19(17)29-2)13-21-23(28)27-24(33-21)25-22(26-27)20-14-31-16-7-5-6-8-18(16)32-20/h5-10,12-13,20H,3-4,11,14H2,1-2H3/b21-13+. The Balaban J connectivity index is 1.41. The second-order valence-corrected chi connectivity index (χ2v) is 8.57. The molecule has 9 heteroatoms. The van der Waals surface area contributed by atoms with Crippen LogP contribution in [0.4, 0.5) is 0 Å². The van der Waals surface area contributed by atoms with Crippen LogP contribution in [0.25, 0.3) is 11.0 Å². The third-order valence-corrected chi connectivity index (χ3v) is 6.19. The molecule has 0 spiro atoms. The Hall–Kier alpha value is -3.59. The van der Waals surface area contributed by atoms with Gasteiger partial charge < -0.3 is 18.9 Å². The largest absolute Gasteiger partial charge is 0.493 e. The molecule has 0 radical (unpaired) electrons. The fourth-order valence-electron chi connectivity index (χ4n) is 3.50. The number of benzene rings is 2. The molecule has 0 saturated carbocycles. The van der Waals surface area contributed by atoms with E-state index in [1.54, 1.807) is 13.2 Å². The van der Waals surface area contributed by atoms with Crippen LogP contribution in [0.3, 0.4) is 0 Å². The topological polar surface area (TPSA) is 84.2 Å². The molecule has 0 bridgehead atoms. The number of methoxy groups -OCH3 is 1. The van der Waals surface area contributed by atoms with Crippen molar-refractivity contribution in [3.05, 3.63) is 68.7 Å². The highest BCUT2D eigenvalue weighted by molar-refractivity contribution is 7.15. The lowest BCUT2D eigenvalue weighted by Gasteiger charge is -2.24. The molecule has 8 nitrogen and oxygen atoms in total. The molecule has 0 fully saturated rings. The maximum atomic E-state index is 12.9. The molecular weight excluding hydrogens is 442 g/mol. The van der Waals surface area contributed by atoms with Crippen molar-refractivity contribution in [2.75, 3.05) is 20.3 Å². The molecular formula is C24H23N3O5S. The molecule has 170 valence electrons. The van der Waals surface area contributed by atoms with Crippen LogP contribution in [0.1, 0.15) is 37.3 Å². The van der Waals surface area contributed by atoms with Crippen molar-refractivity contribution in [2.24, 2.45) is 0 Å². The molecule has 3 heterocycles. The number of nitrogens with zero attached hydrogens (tertiary/aromatic N) is 3. The molecule has 1 aliphatic rings. The van der Waals surface area contributed by atoms with E-state index in [2.05, 4.69) is 17.0 Å². The maximum Gasteiger partial charge on any atom is 0.291 e. The SMILES string of the molecule is CCCCOc1ccc(/C=c2/sc3nc(C4COc5ccccc5O4)nn3c2=O)cc1OC. The first-order chi connectivity index (χ1) is 16.2. The Morgan fingerprint density at radius 1 is 1.21 bits per heavy atom. The molecule has 2 aromatic heterocycles. The number of aromatic nitrogens is 3. The molecule has 0 aliphatic carbocycles. The van der Waals surface area contributed by atoms with Gasteiger partial charge in [0.1, 0.15) is 6.61 Å². The van der Waals surface area contributed by atoms with Gasteiger partial charge in [-0.3, -0.25) is 4.79 Å². The number of unbranched alkanes of at least 4 members (excludes halogenated alkanes) is 1. The third-order valence-electron chi connectivity index (χ3n) is 5.24. The summed E-state index contributed by atoms with van der Waals surface area (Å²) in [6, 6.07) is 13.1. The quantitative estimate of drug-likeness (QED) is 0.387. The summed E-state index contributed by atoms with van der Waals surface area (Å²) in [5.41, 5.74) is 0.602. The number of thiazole rings is 1. The van der Waals surface area contributed by atoms with Crippen LogP contribution in [-0.4, -0.2) is 34.9 Å². The van der Waals surface area contributed by atoms with Gasteiger partial charge in [-0.1, -0.05) is 42.9 Å². The van der Waals surface area contributed by atoms with E-state index in [0.29, 0.717) is 44.9 Å². The predicted molar refractivity (Wildman–Crippen MR) is 125 cm³/mol. The van der Waals surface area contributed by atoms with Gasteiger partial charge in [0, 0.05) is 0 Å².